The van der Waals surface area contributed by atoms with Crippen LogP contribution in [0, 0.1) is 11.6 Å². The van der Waals surface area contributed by atoms with Crippen LogP contribution in [0.2, 0.25) is 0 Å². The number of carboxylic acids is 1. The van der Waals surface area contributed by atoms with Gasteiger partial charge >= 0.3 is 5.97 Å². The predicted molar refractivity (Wildman–Crippen MR) is 65.5 cm³/mol. The second-order valence-corrected chi connectivity index (χ2v) is 3.85. The number of nitrogens with zero attached hydrogens (tertiary/aromatic N) is 1. The molecule has 0 saturated heterocycles. The minimum absolute atomic E-state index is 0.106. The highest BCUT2D eigenvalue weighted by atomic mass is 19.1. The number of anilines is 1. The van der Waals surface area contributed by atoms with Gasteiger partial charge in [0.15, 0.2) is 0 Å². The lowest BCUT2D eigenvalue weighted by atomic mass is 10.2. The van der Waals surface area contributed by atoms with Gasteiger partial charge in [-0.25, -0.2) is 13.6 Å². The van der Waals surface area contributed by atoms with Gasteiger partial charge in [-0.3, -0.25) is 9.78 Å². The van der Waals surface area contributed by atoms with E-state index in [1.165, 1.54) is 0 Å². The van der Waals surface area contributed by atoms with Crippen molar-refractivity contribution >= 4 is 17.6 Å². The predicted octanol–water partition coefficient (Wildman–Crippen LogP) is 2.31. The molecule has 5 nitrogen and oxygen atoms in total. The van der Waals surface area contributed by atoms with Gasteiger partial charge in [0.2, 0.25) is 0 Å². The maximum atomic E-state index is 13.5. The molecule has 0 radical (unpaired) electrons. The molecule has 0 saturated carbocycles. The number of rotatable bonds is 3. The van der Waals surface area contributed by atoms with Crippen LogP contribution in [0.1, 0.15) is 20.7 Å². The van der Waals surface area contributed by atoms with E-state index >= 15 is 0 Å². The highest BCUT2D eigenvalue weighted by molar-refractivity contribution is 6.04. The highest BCUT2D eigenvalue weighted by Crippen LogP contribution is 2.17. The number of hydrogen-bond acceptors (Lipinski definition) is 3. The zero-order chi connectivity index (χ0) is 14.7. The number of carbonyl (C=O) groups is 2. The molecule has 0 bridgehead atoms. The Hall–Kier alpha value is -2.83. The number of halogens is 2. The molecule has 0 aliphatic heterocycles. The maximum Gasteiger partial charge on any atom is 0.335 e. The second kappa shape index (κ2) is 5.43. The molecule has 1 aromatic heterocycles. The molecule has 20 heavy (non-hydrogen) atoms. The van der Waals surface area contributed by atoms with E-state index in [1.807, 2.05) is 0 Å². The molecule has 0 fully saturated rings. The minimum atomic E-state index is -1.26. The normalized spacial score (nSPS) is 10.1. The topological polar surface area (TPSA) is 79.3 Å². The van der Waals surface area contributed by atoms with Crippen LogP contribution >= 0.6 is 0 Å². The van der Waals surface area contributed by atoms with Crippen molar-refractivity contribution in [2.24, 2.45) is 0 Å². The van der Waals surface area contributed by atoms with Crippen LogP contribution in [-0.4, -0.2) is 22.0 Å². The lowest BCUT2D eigenvalue weighted by molar-refractivity contribution is 0.0696. The first-order valence-electron chi connectivity index (χ1n) is 5.42. The van der Waals surface area contributed by atoms with Crippen LogP contribution < -0.4 is 5.32 Å². The molecule has 2 aromatic rings. The summed E-state index contributed by atoms with van der Waals surface area (Å²) in [4.78, 5) is 26.0. The minimum Gasteiger partial charge on any atom is -0.478 e. The largest absolute Gasteiger partial charge is 0.478 e. The van der Waals surface area contributed by atoms with Crippen LogP contribution in [0.5, 0.6) is 0 Å². The molecule has 0 aliphatic carbocycles. The Kier molecular flexibility index (Phi) is 3.69. The Morgan fingerprint density at radius 2 is 1.85 bits per heavy atom. The van der Waals surface area contributed by atoms with Crippen LogP contribution in [0.15, 0.2) is 36.7 Å². The lowest BCUT2D eigenvalue weighted by Gasteiger charge is -2.07. The number of hydrogen-bond donors (Lipinski definition) is 2. The molecule has 7 heteroatoms. The number of amides is 1. The number of aromatic nitrogens is 1. The van der Waals surface area contributed by atoms with Gasteiger partial charge in [0.1, 0.15) is 11.6 Å². The molecular weight excluding hydrogens is 270 g/mol. The second-order valence-electron chi connectivity index (χ2n) is 3.85. The van der Waals surface area contributed by atoms with E-state index in [0.717, 1.165) is 36.7 Å². The molecule has 102 valence electrons. The van der Waals surface area contributed by atoms with E-state index in [9.17, 15) is 18.4 Å². The van der Waals surface area contributed by atoms with Gasteiger partial charge < -0.3 is 10.4 Å². The van der Waals surface area contributed by atoms with Crippen molar-refractivity contribution in [3.05, 3.63) is 59.4 Å². The van der Waals surface area contributed by atoms with Crippen LogP contribution in [0.3, 0.4) is 0 Å². The monoisotopic (exact) mass is 278 g/mol. The summed E-state index contributed by atoms with van der Waals surface area (Å²) in [5, 5.41) is 11.0. The van der Waals surface area contributed by atoms with Crippen molar-refractivity contribution in [3.63, 3.8) is 0 Å². The molecule has 1 amide bonds. The fourth-order valence-corrected chi connectivity index (χ4v) is 1.48. The SMILES string of the molecule is O=C(O)c1ccc(F)c(NC(=O)c2cncc(F)c2)c1. The highest BCUT2D eigenvalue weighted by Gasteiger charge is 2.13. The van der Waals surface area contributed by atoms with Gasteiger partial charge in [0.05, 0.1) is 23.0 Å². The third-order valence-corrected chi connectivity index (χ3v) is 2.43. The Morgan fingerprint density at radius 1 is 1.10 bits per heavy atom. The summed E-state index contributed by atoms with van der Waals surface area (Å²) < 4.78 is 26.4. The van der Waals surface area contributed by atoms with Crippen molar-refractivity contribution < 1.29 is 23.5 Å². The molecule has 1 aromatic carbocycles. The zero-order valence-corrected chi connectivity index (χ0v) is 9.93. The first-order valence-corrected chi connectivity index (χ1v) is 5.42. The van der Waals surface area contributed by atoms with Gasteiger partial charge in [-0.15, -0.1) is 0 Å². The number of nitrogens with one attached hydrogen (secondary N) is 1. The van der Waals surface area contributed by atoms with Crippen molar-refractivity contribution in [1.29, 1.82) is 0 Å². The van der Waals surface area contributed by atoms with Gasteiger partial charge in [-0.2, -0.15) is 0 Å². The standard InChI is InChI=1S/C13H8F2N2O3/c14-9-3-8(5-16-6-9)12(18)17-11-4-7(13(19)20)1-2-10(11)15/h1-6H,(H,17,18)(H,19,20). The van der Waals surface area contributed by atoms with E-state index in [4.69, 9.17) is 5.11 Å². The van der Waals surface area contributed by atoms with Crippen LogP contribution in [0.25, 0.3) is 0 Å². The van der Waals surface area contributed by atoms with E-state index in [2.05, 4.69) is 10.3 Å². The number of aromatic carboxylic acids is 1. The van der Waals surface area contributed by atoms with Gasteiger partial charge in [-0.05, 0) is 24.3 Å². The molecule has 0 atom stereocenters. The fraction of sp³-hybridized carbons (Fsp3) is 0. The summed E-state index contributed by atoms with van der Waals surface area (Å²) in [6.45, 7) is 0. The Labute approximate surface area is 111 Å². The van der Waals surface area contributed by atoms with Crippen LogP contribution in [0.4, 0.5) is 14.5 Å². The summed E-state index contributed by atoms with van der Waals surface area (Å²) in [6, 6.07) is 3.89. The number of carbonyl (C=O) groups excluding carboxylic acids is 1. The third-order valence-electron chi connectivity index (χ3n) is 2.43. The molecule has 0 spiro atoms. The van der Waals surface area contributed by atoms with Crippen molar-refractivity contribution in [2.45, 2.75) is 0 Å². The maximum absolute atomic E-state index is 13.5. The van der Waals surface area contributed by atoms with Gasteiger partial charge in [0, 0.05) is 6.20 Å². The Morgan fingerprint density at radius 3 is 2.50 bits per heavy atom. The van der Waals surface area contributed by atoms with E-state index in [0.29, 0.717) is 0 Å². The molecule has 2 rings (SSSR count). The Balaban J connectivity index is 2.27. The number of carboxylic acid groups (broad SMARTS) is 1. The quantitative estimate of drug-likeness (QED) is 0.903. The molecule has 2 N–H and O–H groups in total. The number of benzene rings is 1. The van der Waals surface area contributed by atoms with Crippen molar-refractivity contribution in [1.82, 2.24) is 4.98 Å². The van der Waals surface area contributed by atoms with Gasteiger partial charge in [-0.1, -0.05) is 0 Å². The lowest BCUT2D eigenvalue weighted by Crippen LogP contribution is -2.14. The van der Waals surface area contributed by atoms with E-state index in [1.54, 1.807) is 0 Å². The average Bonchev–Trinajstić information content (AvgIpc) is 2.41. The summed E-state index contributed by atoms with van der Waals surface area (Å²) in [5.74, 6) is -3.56. The molecule has 1 heterocycles. The van der Waals surface area contributed by atoms with Crippen LogP contribution in [-0.2, 0) is 0 Å². The number of pyridine rings is 1. The summed E-state index contributed by atoms with van der Waals surface area (Å²) in [6.07, 6.45) is 2.03. The molecule has 0 aliphatic rings. The summed E-state index contributed by atoms with van der Waals surface area (Å²) in [5.41, 5.74) is -0.594. The third kappa shape index (κ3) is 2.94. The first-order chi connectivity index (χ1) is 9.47. The van der Waals surface area contributed by atoms with E-state index < -0.39 is 23.5 Å². The van der Waals surface area contributed by atoms with Gasteiger partial charge in [0.25, 0.3) is 5.91 Å². The first kappa shape index (κ1) is 13.6. The molecule has 0 unspecified atom stereocenters. The summed E-state index contributed by atoms with van der Waals surface area (Å²) >= 11 is 0. The zero-order valence-electron chi connectivity index (χ0n) is 9.93. The molecular formula is C13H8F2N2O3. The smallest absolute Gasteiger partial charge is 0.335 e. The summed E-state index contributed by atoms with van der Waals surface area (Å²) in [7, 11) is 0. The fourth-order valence-electron chi connectivity index (χ4n) is 1.48. The van der Waals surface area contributed by atoms with Crippen molar-refractivity contribution in [3.8, 4) is 0 Å². The Bertz CT molecular complexity index is 689. The van der Waals surface area contributed by atoms with Crippen molar-refractivity contribution in [2.75, 3.05) is 5.32 Å². The average molecular weight is 278 g/mol. The van der Waals surface area contributed by atoms with E-state index in [-0.39, 0.29) is 16.8 Å².